The van der Waals surface area contributed by atoms with Crippen LogP contribution in [0, 0.1) is 0 Å². The number of oxazole rings is 1. The molecule has 1 saturated heterocycles. The van der Waals surface area contributed by atoms with Crippen LogP contribution in [0.15, 0.2) is 40.9 Å². The topological polar surface area (TPSA) is 61.6 Å². The molecular formula is C19H24N4O2. The number of carbonyl (C=O) groups excluding carboxylic acids is 1. The Bertz CT molecular complexity index is 703. The van der Waals surface area contributed by atoms with Crippen LogP contribution in [0.2, 0.25) is 0 Å². The molecule has 0 atom stereocenters. The van der Waals surface area contributed by atoms with Crippen molar-refractivity contribution in [1.29, 1.82) is 0 Å². The molecule has 0 bridgehead atoms. The van der Waals surface area contributed by atoms with Gasteiger partial charge in [0.1, 0.15) is 0 Å². The number of aromatic nitrogens is 1. The minimum absolute atomic E-state index is 0.163. The molecule has 2 aromatic rings. The molecule has 25 heavy (non-hydrogen) atoms. The smallest absolute Gasteiger partial charge is 0.234 e. The van der Waals surface area contributed by atoms with Gasteiger partial charge in [0.25, 0.3) is 0 Å². The van der Waals surface area contributed by atoms with Crippen LogP contribution >= 0.6 is 0 Å². The van der Waals surface area contributed by atoms with Gasteiger partial charge in [-0.25, -0.2) is 4.98 Å². The fraction of sp³-hybridized carbons (Fsp3) is 0.474. The van der Waals surface area contributed by atoms with E-state index in [1.165, 1.54) is 0 Å². The average molecular weight is 340 g/mol. The summed E-state index contributed by atoms with van der Waals surface area (Å²) in [5, 5.41) is 3.05. The summed E-state index contributed by atoms with van der Waals surface area (Å²) < 4.78 is 5.88. The van der Waals surface area contributed by atoms with Gasteiger partial charge in [-0.3, -0.25) is 14.6 Å². The number of benzene rings is 1. The summed E-state index contributed by atoms with van der Waals surface area (Å²) in [7, 11) is 0. The predicted octanol–water partition coefficient (Wildman–Crippen LogP) is 1.74. The molecule has 132 valence electrons. The third-order valence-electron chi connectivity index (χ3n) is 4.75. The van der Waals surface area contributed by atoms with Gasteiger partial charge in [-0.05, 0) is 12.8 Å². The summed E-state index contributed by atoms with van der Waals surface area (Å²) in [6.07, 6.45) is 4.07. The molecule has 1 aliphatic heterocycles. The number of piperazine rings is 1. The molecule has 6 nitrogen and oxygen atoms in total. The summed E-state index contributed by atoms with van der Waals surface area (Å²) in [6.45, 7) is 4.91. The van der Waals surface area contributed by atoms with E-state index in [4.69, 9.17) is 4.42 Å². The lowest BCUT2D eigenvalue weighted by atomic mass is 10.2. The zero-order valence-corrected chi connectivity index (χ0v) is 14.4. The van der Waals surface area contributed by atoms with Gasteiger partial charge in [-0.2, -0.15) is 0 Å². The quantitative estimate of drug-likeness (QED) is 0.868. The van der Waals surface area contributed by atoms with Crippen molar-refractivity contribution in [1.82, 2.24) is 20.1 Å². The highest BCUT2D eigenvalue weighted by molar-refractivity contribution is 5.78. The molecule has 4 rings (SSSR count). The Morgan fingerprint density at radius 3 is 2.56 bits per heavy atom. The van der Waals surface area contributed by atoms with Gasteiger partial charge in [-0.15, -0.1) is 0 Å². The van der Waals surface area contributed by atoms with Crippen molar-refractivity contribution in [3.05, 3.63) is 42.4 Å². The van der Waals surface area contributed by atoms with E-state index >= 15 is 0 Å². The van der Waals surface area contributed by atoms with E-state index in [1.54, 1.807) is 6.20 Å². The largest absolute Gasteiger partial charge is 0.439 e. The van der Waals surface area contributed by atoms with Gasteiger partial charge in [0.2, 0.25) is 11.8 Å². The molecule has 1 aliphatic carbocycles. The summed E-state index contributed by atoms with van der Waals surface area (Å²) in [4.78, 5) is 20.8. The van der Waals surface area contributed by atoms with Gasteiger partial charge in [0.15, 0.2) is 5.76 Å². The number of hydrogen-bond acceptors (Lipinski definition) is 5. The third-order valence-corrected chi connectivity index (χ3v) is 4.75. The normalized spacial score (nSPS) is 19.0. The number of nitrogens with zero attached hydrogens (tertiary/aromatic N) is 3. The standard InChI is InChI=1S/C19H24N4O2/c24-18(21-16-6-7-16)13-22-8-10-23(11-9-22)14-19-20-12-17(25-19)15-4-2-1-3-5-15/h1-5,12,16H,6-11,13-14H2,(H,21,24). The lowest BCUT2D eigenvalue weighted by Crippen LogP contribution is -2.49. The first kappa shape index (κ1) is 16.3. The molecule has 2 aliphatic rings. The number of amides is 1. The van der Waals surface area contributed by atoms with Gasteiger partial charge in [0, 0.05) is 37.8 Å². The third kappa shape index (κ3) is 4.46. The summed E-state index contributed by atoms with van der Waals surface area (Å²) in [5.41, 5.74) is 1.05. The van der Waals surface area contributed by atoms with Crippen molar-refractivity contribution in [2.24, 2.45) is 0 Å². The van der Waals surface area contributed by atoms with Crippen molar-refractivity contribution >= 4 is 5.91 Å². The minimum atomic E-state index is 0.163. The molecule has 0 spiro atoms. The highest BCUT2D eigenvalue weighted by Crippen LogP contribution is 2.21. The van der Waals surface area contributed by atoms with Crippen LogP contribution in [0.3, 0.4) is 0 Å². The van der Waals surface area contributed by atoms with Crippen LogP contribution in [0.5, 0.6) is 0 Å². The van der Waals surface area contributed by atoms with Crippen LogP contribution < -0.4 is 5.32 Å². The monoisotopic (exact) mass is 340 g/mol. The Kier molecular flexibility index (Phi) is 4.81. The first-order valence-electron chi connectivity index (χ1n) is 9.00. The lowest BCUT2D eigenvalue weighted by molar-refractivity contribution is -0.122. The van der Waals surface area contributed by atoms with E-state index in [0.717, 1.165) is 62.8 Å². The van der Waals surface area contributed by atoms with Crippen molar-refractivity contribution in [3.8, 4) is 11.3 Å². The summed E-state index contributed by atoms with van der Waals surface area (Å²) in [5.74, 6) is 1.72. The van der Waals surface area contributed by atoms with Gasteiger partial charge >= 0.3 is 0 Å². The van der Waals surface area contributed by atoms with Crippen LogP contribution in [-0.2, 0) is 11.3 Å². The molecule has 0 radical (unpaired) electrons. The number of nitrogens with one attached hydrogen (secondary N) is 1. The highest BCUT2D eigenvalue weighted by atomic mass is 16.4. The number of hydrogen-bond donors (Lipinski definition) is 1. The van der Waals surface area contributed by atoms with Crippen molar-refractivity contribution < 1.29 is 9.21 Å². The molecule has 6 heteroatoms. The zero-order chi connectivity index (χ0) is 17.1. The highest BCUT2D eigenvalue weighted by Gasteiger charge is 2.25. The van der Waals surface area contributed by atoms with Gasteiger partial charge in [-0.1, -0.05) is 30.3 Å². The van der Waals surface area contributed by atoms with E-state index in [9.17, 15) is 4.79 Å². The van der Waals surface area contributed by atoms with Crippen LogP contribution in [-0.4, -0.2) is 59.5 Å². The Morgan fingerprint density at radius 2 is 1.84 bits per heavy atom. The van der Waals surface area contributed by atoms with Gasteiger partial charge in [0.05, 0.1) is 19.3 Å². The second-order valence-corrected chi connectivity index (χ2v) is 6.88. The maximum absolute atomic E-state index is 11.9. The Balaban J connectivity index is 1.24. The maximum Gasteiger partial charge on any atom is 0.234 e. The van der Waals surface area contributed by atoms with Crippen molar-refractivity contribution in [2.75, 3.05) is 32.7 Å². The Morgan fingerprint density at radius 1 is 1.12 bits per heavy atom. The summed E-state index contributed by atoms with van der Waals surface area (Å²) >= 11 is 0. The first-order chi connectivity index (χ1) is 12.3. The molecule has 1 saturated carbocycles. The van der Waals surface area contributed by atoms with Crippen molar-refractivity contribution in [3.63, 3.8) is 0 Å². The van der Waals surface area contributed by atoms with Gasteiger partial charge < -0.3 is 9.73 Å². The lowest BCUT2D eigenvalue weighted by Gasteiger charge is -2.33. The Labute approximate surface area is 147 Å². The Hall–Kier alpha value is -2.18. The molecule has 0 unspecified atom stereocenters. The zero-order valence-electron chi connectivity index (χ0n) is 14.4. The van der Waals surface area contributed by atoms with E-state index in [0.29, 0.717) is 12.6 Å². The van der Waals surface area contributed by atoms with Crippen LogP contribution in [0.25, 0.3) is 11.3 Å². The predicted molar refractivity (Wildman–Crippen MR) is 94.8 cm³/mol. The summed E-state index contributed by atoms with van der Waals surface area (Å²) in [6, 6.07) is 10.5. The van der Waals surface area contributed by atoms with E-state index in [-0.39, 0.29) is 5.91 Å². The second-order valence-electron chi connectivity index (χ2n) is 6.88. The SMILES string of the molecule is O=C(CN1CCN(Cc2ncc(-c3ccccc3)o2)CC1)NC1CC1. The molecule has 1 amide bonds. The molecular weight excluding hydrogens is 316 g/mol. The van der Waals surface area contributed by atoms with Crippen molar-refractivity contribution in [2.45, 2.75) is 25.4 Å². The van der Waals surface area contributed by atoms with Crippen LogP contribution in [0.1, 0.15) is 18.7 Å². The molecule has 1 aromatic heterocycles. The number of carbonyl (C=O) groups is 1. The molecule has 1 N–H and O–H groups in total. The average Bonchev–Trinajstić information content (AvgIpc) is 3.32. The molecule has 2 heterocycles. The van der Waals surface area contributed by atoms with E-state index in [1.807, 2.05) is 30.3 Å². The van der Waals surface area contributed by atoms with Crippen LogP contribution in [0.4, 0.5) is 0 Å². The fourth-order valence-electron chi connectivity index (χ4n) is 3.12. The van der Waals surface area contributed by atoms with E-state index < -0.39 is 0 Å². The minimum Gasteiger partial charge on any atom is -0.439 e. The first-order valence-corrected chi connectivity index (χ1v) is 9.00. The van der Waals surface area contributed by atoms with E-state index in [2.05, 4.69) is 20.1 Å². The number of rotatable bonds is 6. The fourth-order valence-corrected chi connectivity index (χ4v) is 3.12. The molecule has 2 fully saturated rings. The maximum atomic E-state index is 11.9. The second kappa shape index (κ2) is 7.37. The molecule has 1 aromatic carbocycles.